The van der Waals surface area contributed by atoms with E-state index < -0.39 is 11.2 Å². The number of aryl methyl sites for hydroxylation is 1. The van der Waals surface area contributed by atoms with E-state index in [9.17, 15) is 4.55 Å². The number of likely N-dealkylation sites (N-methyl/N-ethyl adjacent to an activating group) is 2. The number of benzene rings is 1. The number of rotatable bonds is 7. The molecular weight excluding hydrogens is 454 g/mol. The van der Waals surface area contributed by atoms with E-state index in [4.69, 9.17) is 9.73 Å². The van der Waals surface area contributed by atoms with Gasteiger partial charge < -0.3 is 19.1 Å². The van der Waals surface area contributed by atoms with Crippen molar-refractivity contribution in [2.24, 2.45) is 10.1 Å². The third-order valence-corrected chi connectivity index (χ3v) is 8.22. The highest BCUT2D eigenvalue weighted by molar-refractivity contribution is 7.91. The molecule has 3 heterocycles. The van der Waals surface area contributed by atoms with Gasteiger partial charge in [-0.25, -0.2) is 4.99 Å². The van der Waals surface area contributed by atoms with Crippen LogP contribution in [0, 0.1) is 6.92 Å². The van der Waals surface area contributed by atoms with Gasteiger partial charge in [0.05, 0.1) is 17.1 Å². The van der Waals surface area contributed by atoms with Gasteiger partial charge in [0, 0.05) is 26.3 Å². The number of aliphatic imine (C=N–C) groups is 1. The van der Waals surface area contributed by atoms with Crippen molar-refractivity contribution in [2.45, 2.75) is 25.0 Å². The minimum absolute atomic E-state index is 0.378. The van der Waals surface area contributed by atoms with Gasteiger partial charge in [-0.15, -0.1) is 16.4 Å². The van der Waals surface area contributed by atoms with E-state index in [1.807, 2.05) is 55.3 Å². The highest BCUT2D eigenvalue weighted by Gasteiger charge is 2.34. The second-order valence-electron chi connectivity index (χ2n) is 8.64. The van der Waals surface area contributed by atoms with Gasteiger partial charge in [-0.1, -0.05) is 0 Å². The lowest BCUT2D eigenvalue weighted by molar-refractivity contribution is 0.107. The average Bonchev–Trinajstić information content (AvgIpc) is 3.39. The molecule has 0 amide bonds. The van der Waals surface area contributed by atoms with Crippen LogP contribution in [-0.4, -0.2) is 84.2 Å². The van der Waals surface area contributed by atoms with Crippen LogP contribution in [0.5, 0.6) is 0 Å². The Labute approximate surface area is 203 Å². The summed E-state index contributed by atoms with van der Waals surface area (Å²) in [5.41, 5.74) is 5.06. The van der Waals surface area contributed by atoms with Crippen LogP contribution in [0.2, 0.25) is 0 Å². The lowest BCUT2D eigenvalue weighted by Crippen LogP contribution is -2.36. The van der Waals surface area contributed by atoms with Gasteiger partial charge in [-0.05, 0) is 86.0 Å². The molecule has 1 aromatic carbocycles. The molecule has 0 saturated heterocycles. The maximum atomic E-state index is 12.6. The average molecular weight is 486 g/mol. The Balaban J connectivity index is 1.55. The molecule has 2 aliphatic heterocycles. The first-order chi connectivity index (χ1) is 15.7. The molecular formula is C24H31N5O2S2. The zero-order chi connectivity index (χ0) is 23.7. The Morgan fingerprint density at radius 1 is 1.18 bits per heavy atom. The van der Waals surface area contributed by atoms with Crippen LogP contribution in [0.15, 0.2) is 62.1 Å². The van der Waals surface area contributed by atoms with Crippen molar-refractivity contribution < 1.29 is 9.29 Å². The van der Waals surface area contributed by atoms with E-state index in [2.05, 4.69) is 42.3 Å². The van der Waals surface area contributed by atoms with Crippen LogP contribution in [-0.2, 0) is 15.9 Å². The van der Waals surface area contributed by atoms with E-state index in [-0.39, 0.29) is 6.23 Å². The van der Waals surface area contributed by atoms with Crippen molar-refractivity contribution >= 4 is 34.1 Å². The SMILES string of the molecule is CC1=C(C2OC(c3sccc3C)=NN2C)N=C(c2ccc([S+]([O-])CCN(C)C)cc2)CN1C. The second kappa shape index (κ2) is 9.89. The van der Waals surface area contributed by atoms with Crippen molar-refractivity contribution in [1.82, 2.24) is 14.8 Å². The summed E-state index contributed by atoms with van der Waals surface area (Å²) in [4.78, 5) is 11.2. The summed E-state index contributed by atoms with van der Waals surface area (Å²) in [6.45, 7) is 5.63. The highest BCUT2D eigenvalue weighted by Crippen LogP contribution is 2.30. The zero-order valence-electron chi connectivity index (χ0n) is 20.0. The van der Waals surface area contributed by atoms with Gasteiger partial charge >= 0.3 is 0 Å². The summed E-state index contributed by atoms with van der Waals surface area (Å²) in [5.74, 6) is 1.27. The molecule has 2 unspecified atom stereocenters. The molecule has 0 fully saturated rings. The van der Waals surface area contributed by atoms with Gasteiger partial charge in [0.25, 0.3) is 5.90 Å². The van der Waals surface area contributed by atoms with E-state index in [0.29, 0.717) is 18.2 Å². The van der Waals surface area contributed by atoms with Gasteiger partial charge in [0.15, 0.2) is 4.90 Å². The van der Waals surface area contributed by atoms with Crippen LogP contribution in [0.25, 0.3) is 0 Å². The van der Waals surface area contributed by atoms with E-state index in [1.54, 1.807) is 11.3 Å². The van der Waals surface area contributed by atoms with Crippen LogP contribution < -0.4 is 0 Å². The van der Waals surface area contributed by atoms with Crippen molar-refractivity contribution in [3.05, 3.63) is 63.1 Å². The summed E-state index contributed by atoms with van der Waals surface area (Å²) in [6, 6.07) is 10.0. The molecule has 0 bridgehead atoms. The lowest BCUT2D eigenvalue weighted by Gasteiger charge is -2.31. The third-order valence-electron chi connectivity index (χ3n) is 5.86. The smallest absolute Gasteiger partial charge is 0.251 e. The first-order valence-electron chi connectivity index (χ1n) is 10.9. The quantitative estimate of drug-likeness (QED) is 0.563. The van der Waals surface area contributed by atoms with Gasteiger partial charge in [-0.3, -0.25) is 5.01 Å². The Hall–Kier alpha value is -2.33. The molecule has 1 aromatic heterocycles. The number of thiophene rings is 1. The fourth-order valence-electron chi connectivity index (χ4n) is 3.70. The molecule has 0 saturated carbocycles. The fraction of sp³-hybridized carbons (Fsp3) is 0.417. The zero-order valence-corrected chi connectivity index (χ0v) is 21.7. The Morgan fingerprint density at radius 2 is 1.91 bits per heavy atom. The lowest BCUT2D eigenvalue weighted by atomic mass is 10.1. The predicted molar refractivity (Wildman–Crippen MR) is 136 cm³/mol. The van der Waals surface area contributed by atoms with E-state index in [0.717, 1.165) is 44.6 Å². The van der Waals surface area contributed by atoms with E-state index >= 15 is 0 Å². The molecule has 2 aliphatic rings. The van der Waals surface area contributed by atoms with Crippen molar-refractivity contribution in [3.63, 3.8) is 0 Å². The minimum atomic E-state index is -1.01. The Morgan fingerprint density at radius 3 is 2.55 bits per heavy atom. The standard InChI is InChI=1S/C24H31N5O2S2/c1-16-11-13-32-22(16)23-26-29(6)24(31-23)21-17(2)28(5)15-20(25-21)18-7-9-19(10-8-18)33(30)14-12-27(3)4/h7-11,13,24H,12,14-15H2,1-6H3. The molecule has 176 valence electrons. The Kier molecular flexibility index (Phi) is 7.13. The molecule has 0 spiro atoms. The van der Waals surface area contributed by atoms with Gasteiger partial charge in [-0.2, -0.15) is 0 Å². The monoisotopic (exact) mass is 485 g/mol. The maximum absolute atomic E-state index is 12.6. The van der Waals surface area contributed by atoms with Crippen molar-refractivity contribution in [2.75, 3.05) is 47.0 Å². The molecule has 0 aliphatic carbocycles. The van der Waals surface area contributed by atoms with Crippen LogP contribution in [0.3, 0.4) is 0 Å². The molecule has 2 atom stereocenters. The molecule has 0 radical (unpaired) electrons. The third kappa shape index (κ3) is 5.11. The number of hydrogen-bond acceptors (Lipinski definition) is 8. The van der Waals surface area contributed by atoms with Crippen LogP contribution in [0.4, 0.5) is 0 Å². The normalized spacial score (nSPS) is 19.7. The van der Waals surface area contributed by atoms with Crippen LogP contribution >= 0.6 is 11.3 Å². The largest absolute Gasteiger partial charge is 0.611 e. The summed E-state index contributed by atoms with van der Waals surface area (Å²) < 4.78 is 18.8. The fourth-order valence-corrected chi connectivity index (χ4v) is 5.76. The molecule has 33 heavy (non-hydrogen) atoms. The molecule has 9 heteroatoms. The summed E-state index contributed by atoms with van der Waals surface area (Å²) in [6.07, 6.45) is -0.378. The van der Waals surface area contributed by atoms with Crippen LogP contribution in [0.1, 0.15) is 22.9 Å². The second-order valence-corrected chi connectivity index (χ2v) is 11.1. The predicted octanol–water partition coefficient (Wildman–Crippen LogP) is 3.34. The summed E-state index contributed by atoms with van der Waals surface area (Å²) >= 11 is 0.626. The first-order valence-corrected chi connectivity index (χ1v) is 13.1. The summed E-state index contributed by atoms with van der Waals surface area (Å²) in [5, 5.41) is 8.54. The number of hydrogen-bond donors (Lipinski definition) is 0. The minimum Gasteiger partial charge on any atom is -0.611 e. The van der Waals surface area contributed by atoms with E-state index in [1.165, 1.54) is 0 Å². The van der Waals surface area contributed by atoms with Crippen molar-refractivity contribution in [1.29, 1.82) is 0 Å². The highest BCUT2D eigenvalue weighted by atomic mass is 32.2. The van der Waals surface area contributed by atoms with Crippen molar-refractivity contribution in [3.8, 4) is 0 Å². The molecule has 0 N–H and O–H groups in total. The first kappa shape index (κ1) is 23.8. The molecule has 7 nitrogen and oxygen atoms in total. The number of ether oxygens (including phenoxy) is 1. The number of allylic oxidation sites excluding steroid dienone is 1. The Bertz CT molecular complexity index is 1090. The maximum Gasteiger partial charge on any atom is 0.251 e. The molecule has 4 rings (SSSR count). The summed E-state index contributed by atoms with van der Waals surface area (Å²) in [7, 11) is 7.97. The number of nitrogens with zero attached hydrogens (tertiary/aromatic N) is 5. The topological polar surface area (TPSA) is 66.7 Å². The number of hydrazone groups is 1. The van der Waals surface area contributed by atoms with Gasteiger partial charge in [0.2, 0.25) is 6.23 Å². The van der Waals surface area contributed by atoms with Gasteiger partial charge in [0.1, 0.15) is 11.4 Å². The molecule has 2 aromatic rings.